The van der Waals surface area contributed by atoms with Crippen molar-refractivity contribution in [3.63, 3.8) is 0 Å². The van der Waals surface area contributed by atoms with Crippen molar-refractivity contribution in [3.05, 3.63) is 176 Å². The number of anilines is 3. The number of nitrogens with zero attached hydrogens (tertiary/aromatic N) is 1. The second kappa shape index (κ2) is 10.8. The first-order chi connectivity index (χ1) is 22.8. The molecule has 0 saturated carbocycles. The monoisotopic (exact) mass is 587 g/mol. The Kier molecular flexibility index (Phi) is 6.17. The fraction of sp³-hybridized carbons (Fsp3) is 0. The van der Waals surface area contributed by atoms with Crippen LogP contribution in [0, 0.1) is 0 Å². The molecule has 0 atom stereocenters. The molecule has 0 aliphatic carbocycles. The van der Waals surface area contributed by atoms with Crippen LogP contribution < -0.4 is 4.90 Å². The quantitative estimate of drug-likeness (QED) is 0.199. The zero-order valence-electron chi connectivity index (χ0n) is 25.1. The van der Waals surface area contributed by atoms with E-state index in [9.17, 15) is 0 Å². The lowest BCUT2D eigenvalue weighted by Crippen LogP contribution is -2.10. The Balaban J connectivity index is 1.14. The number of fused-ring (bicyclic) bond motifs is 4. The van der Waals surface area contributed by atoms with Crippen molar-refractivity contribution in [2.75, 3.05) is 4.90 Å². The van der Waals surface area contributed by atoms with Gasteiger partial charge < -0.3 is 9.32 Å². The van der Waals surface area contributed by atoms with Crippen LogP contribution in [-0.4, -0.2) is 0 Å². The Labute approximate surface area is 267 Å². The fourth-order valence-electron chi connectivity index (χ4n) is 6.67. The molecule has 0 aliphatic heterocycles. The fourth-order valence-corrected chi connectivity index (χ4v) is 6.67. The van der Waals surface area contributed by atoms with Crippen LogP contribution in [0.15, 0.2) is 180 Å². The molecule has 1 heterocycles. The molecule has 216 valence electrons. The number of hydrogen-bond acceptors (Lipinski definition) is 2. The average Bonchev–Trinajstić information content (AvgIpc) is 3.56. The van der Waals surface area contributed by atoms with Gasteiger partial charge in [0.25, 0.3) is 0 Å². The van der Waals surface area contributed by atoms with Crippen LogP contribution in [0.4, 0.5) is 17.1 Å². The summed E-state index contributed by atoms with van der Waals surface area (Å²) in [7, 11) is 0. The lowest BCUT2D eigenvalue weighted by molar-refractivity contribution is 0.631. The summed E-state index contributed by atoms with van der Waals surface area (Å²) in [5.74, 6) is 0.885. The van der Waals surface area contributed by atoms with E-state index in [-0.39, 0.29) is 0 Å². The summed E-state index contributed by atoms with van der Waals surface area (Å²) in [6.45, 7) is 0. The topological polar surface area (TPSA) is 16.4 Å². The Hall–Kier alpha value is -6.12. The Morgan fingerprint density at radius 2 is 0.935 bits per heavy atom. The zero-order valence-corrected chi connectivity index (χ0v) is 25.1. The van der Waals surface area contributed by atoms with Crippen molar-refractivity contribution in [2.24, 2.45) is 0 Å². The SMILES string of the molecule is c1cc(-c2ccc3cc(N(c4ccc5ccccc5c4)c4cccc5ccccc45)ccc3c2)cc(-c2cc3ccccc3o2)c1. The largest absolute Gasteiger partial charge is 0.456 e. The van der Waals surface area contributed by atoms with Crippen LogP contribution in [0.5, 0.6) is 0 Å². The van der Waals surface area contributed by atoms with E-state index in [4.69, 9.17) is 4.42 Å². The highest BCUT2D eigenvalue weighted by Crippen LogP contribution is 2.41. The molecule has 0 amide bonds. The molecule has 0 bridgehead atoms. The summed E-state index contributed by atoms with van der Waals surface area (Å²) < 4.78 is 6.17. The molecule has 0 aliphatic rings. The van der Waals surface area contributed by atoms with Gasteiger partial charge in [0.1, 0.15) is 11.3 Å². The van der Waals surface area contributed by atoms with Gasteiger partial charge in [0, 0.05) is 27.7 Å². The highest BCUT2D eigenvalue weighted by atomic mass is 16.3. The molecule has 2 nitrogen and oxygen atoms in total. The number of hydrogen-bond donors (Lipinski definition) is 0. The number of benzene rings is 8. The third-order valence-corrected chi connectivity index (χ3v) is 8.99. The van der Waals surface area contributed by atoms with Gasteiger partial charge in [-0.1, -0.05) is 121 Å². The van der Waals surface area contributed by atoms with Crippen LogP contribution in [0.1, 0.15) is 0 Å². The Morgan fingerprint density at radius 3 is 1.78 bits per heavy atom. The second-order valence-corrected chi connectivity index (χ2v) is 11.8. The molecule has 1 aromatic heterocycles. The van der Waals surface area contributed by atoms with Gasteiger partial charge in [-0.15, -0.1) is 0 Å². The normalized spacial score (nSPS) is 11.5. The van der Waals surface area contributed by atoms with Crippen molar-refractivity contribution < 1.29 is 4.42 Å². The lowest BCUT2D eigenvalue weighted by Gasteiger charge is -2.27. The molecule has 0 saturated heterocycles. The number of furan rings is 1. The molecular formula is C44H29NO. The molecule has 0 fully saturated rings. The molecule has 2 heteroatoms. The maximum atomic E-state index is 6.17. The summed E-state index contributed by atoms with van der Waals surface area (Å²) in [4.78, 5) is 2.39. The first kappa shape index (κ1) is 26.3. The highest BCUT2D eigenvalue weighted by molar-refractivity contribution is 6.01. The van der Waals surface area contributed by atoms with Crippen LogP contribution in [0.25, 0.3) is 65.7 Å². The van der Waals surface area contributed by atoms with Gasteiger partial charge in [0.2, 0.25) is 0 Å². The van der Waals surface area contributed by atoms with Gasteiger partial charge in [-0.25, -0.2) is 0 Å². The predicted octanol–water partition coefficient (Wildman–Crippen LogP) is 12.7. The average molecular weight is 588 g/mol. The zero-order chi connectivity index (χ0) is 30.5. The van der Waals surface area contributed by atoms with Gasteiger partial charge in [0.15, 0.2) is 0 Å². The summed E-state index contributed by atoms with van der Waals surface area (Å²) >= 11 is 0. The van der Waals surface area contributed by atoms with Gasteiger partial charge in [-0.2, -0.15) is 0 Å². The Bertz CT molecular complexity index is 2520. The van der Waals surface area contributed by atoms with E-state index in [0.717, 1.165) is 44.9 Å². The van der Waals surface area contributed by atoms with E-state index >= 15 is 0 Å². The van der Waals surface area contributed by atoms with Crippen molar-refractivity contribution in [1.82, 2.24) is 0 Å². The van der Waals surface area contributed by atoms with Crippen molar-refractivity contribution in [2.45, 2.75) is 0 Å². The molecule has 8 aromatic carbocycles. The van der Waals surface area contributed by atoms with Crippen molar-refractivity contribution >= 4 is 60.3 Å². The Morgan fingerprint density at radius 1 is 0.348 bits per heavy atom. The summed E-state index contributed by atoms with van der Waals surface area (Å²) in [6, 6.07) is 62.9. The van der Waals surface area contributed by atoms with Crippen LogP contribution in [0.2, 0.25) is 0 Å². The molecule has 0 spiro atoms. The van der Waals surface area contributed by atoms with Gasteiger partial charge in [-0.05, 0) is 92.7 Å². The molecular weight excluding hydrogens is 558 g/mol. The van der Waals surface area contributed by atoms with E-state index in [0.29, 0.717) is 0 Å². The minimum absolute atomic E-state index is 0.885. The van der Waals surface area contributed by atoms with Gasteiger partial charge in [0.05, 0.1) is 5.69 Å². The molecule has 0 N–H and O–H groups in total. The minimum Gasteiger partial charge on any atom is -0.456 e. The third-order valence-electron chi connectivity index (χ3n) is 8.99. The molecule has 9 aromatic rings. The summed E-state index contributed by atoms with van der Waals surface area (Å²) in [5, 5.41) is 8.41. The first-order valence-electron chi connectivity index (χ1n) is 15.7. The van der Waals surface area contributed by atoms with Crippen LogP contribution in [0.3, 0.4) is 0 Å². The number of para-hydroxylation sites is 1. The van der Waals surface area contributed by atoms with E-state index < -0.39 is 0 Å². The van der Waals surface area contributed by atoms with Gasteiger partial charge >= 0.3 is 0 Å². The van der Waals surface area contributed by atoms with E-state index in [1.54, 1.807) is 0 Å². The van der Waals surface area contributed by atoms with E-state index in [1.165, 1.54) is 37.9 Å². The molecule has 0 radical (unpaired) electrons. The maximum absolute atomic E-state index is 6.17. The molecule has 9 rings (SSSR count). The van der Waals surface area contributed by atoms with Crippen molar-refractivity contribution in [1.29, 1.82) is 0 Å². The summed E-state index contributed by atoms with van der Waals surface area (Å²) in [6.07, 6.45) is 0. The van der Waals surface area contributed by atoms with E-state index in [1.807, 2.05) is 18.2 Å². The number of rotatable bonds is 5. The first-order valence-corrected chi connectivity index (χ1v) is 15.7. The lowest BCUT2D eigenvalue weighted by atomic mass is 9.98. The molecule has 46 heavy (non-hydrogen) atoms. The third kappa shape index (κ3) is 4.60. The predicted molar refractivity (Wildman–Crippen MR) is 194 cm³/mol. The summed E-state index contributed by atoms with van der Waals surface area (Å²) in [5.41, 5.74) is 7.74. The van der Waals surface area contributed by atoms with Gasteiger partial charge in [-0.3, -0.25) is 0 Å². The smallest absolute Gasteiger partial charge is 0.135 e. The van der Waals surface area contributed by atoms with E-state index in [2.05, 4.69) is 163 Å². The minimum atomic E-state index is 0.885. The standard InChI is InChI=1S/C44H29NO/c1-2-11-33-27-39(23-21-30(33)9-1)45(42-17-8-13-31-10-3-5-16-41(31)42)40-24-22-35-25-34(19-20-36(35)28-40)32-14-7-15-37(26-32)44-29-38-12-4-6-18-43(38)46-44/h1-29H. The molecule has 0 unspecified atom stereocenters. The van der Waals surface area contributed by atoms with Crippen molar-refractivity contribution in [3.8, 4) is 22.5 Å². The second-order valence-electron chi connectivity index (χ2n) is 11.8. The maximum Gasteiger partial charge on any atom is 0.135 e. The van der Waals surface area contributed by atoms with Crippen LogP contribution >= 0.6 is 0 Å². The van der Waals surface area contributed by atoms with Crippen LogP contribution in [-0.2, 0) is 0 Å². The highest BCUT2D eigenvalue weighted by Gasteiger charge is 2.16.